The molecule has 0 radical (unpaired) electrons. The molecule has 13 heavy (non-hydrogen) atoms. The number of nitro groups is 1. The number of nitrogens with zero attached hydrogens (tertiary/aromatic N) is 3. The Morgan fingerprint density at radius 2 is 2.23 bits per heavy atom. The van der Waals surface area contributed by atoms with Gasteiger partial charge < -0.3 is 0 Å². The Hall–Kier alpha value is -2.18. The second-order valence-electron chi connectivity index (χ2n) is 2.34. The topological polar surface area (TPSA) is 100 Å². The lowest BCUT2D eigenvalue weighted by Crippen LogP contribution is -1.89. The Balaban J connectivity index is 2.52. The quantitative estimate of drug-likeness (QED) is 0.523. The Morgan fingerprint density at radius 3 is 2.85 bits per heavy atom. The lowest BCUT2D eigenvalue weighted by atomic mass is 10.3. The van der Waals surface area contributed by atoms with E-state index in [0.717, 1.165) is 0 Å². The highest BCUT2D eigenvalue weighted by Crippen LogP contribution is 2.24. The molecular formula is C6H5N5O2. The van der Waals surface area contributed by atoms with Crippen molar-refractivity contribution in [2.45, 2.75) is 0 Å². The van der Waals surface area contributed by atoms with Gasteiger partial charge in [0.15, 0.2) is 5.69 Å². The van der Waals surface area contributed by atoms with Crippen LogP contribution in [0.3, 0.4) is 0 Å². The van der Waals surface area contributed by atoms with Gasteiger partial charge in [-0.1, -0.05) is 0 Å². The predicted molar refractivity (Wildman–Crippen MR) is 42.8 cm³/mol. The maximum absolute atomic E-state index is 10.5. The van der Waals surface area contributed by atoms with Crippen LogP contribution < -0.4 is 0 Å². The van der Waals surface area contributed by atoms with E-state index in [4.69, 9.17) is 0 Å². The van der Waals surface area contributed by atoms with Crippen LogP contribution in [0, 0.1) is 10.1 Å². The molecular weight excluding hydrogens is 174 g/mol. The highest BCUT2D eigenvalue weighted by molar-refractivity contribution is 5.64. The van der Waals surface area contributed by atoms with Crippen LogP contribution in [0.1, 0.15) is 0 Å². The standard InChI is InChI=1S/C6H5N5O2/c12-11(13)5-3-8-10-6(5)4-1-2-7-9-4/h1-3H,(H,7,9)(H,8,10). The average Bonchev–Trinajstić information content (AvgIpc) is 2.74. The molecule has 0 amide bonds. The van der Waals surface area contributed by atoms with E-state index in [1.165, 1.54) is 6.20 Å². The molecule has 0 bridgehead atoms. The fourth-order valence-corrected chi connectivity index (χ4v) is 1.00. The number of nitrogens with one attached hydrogen (secondary N) is 2. The van der Waals surface area contributed by atoms with Crippen molar-refractivity contribution in [1.29, 1.82) is 0 Å². The Kier molecular flexibility index (Phi) is 1.55. The Bertz CT molecular complexity index is 418. The first-order valence-electron chi connectivity index (χ1n) is 3.47. The van der Waals surface area contributed by atoms with E-state index in [9.17, 15) is 10.1 Å². The van der Waals surface area contributed by atoms with Crippen molar-refractivity contribution in [3.63, 3.8) is 0 Å². The molecule has 7 nitrogen and oxygen atoms in total. The summed E-state index contributed by atoms with van der Waals surface area (Å²) in [5.74, 6) is 0. The molecule has 0 fully saturated rings. The van der Waals surface area contributed by atoms with Crippen molar-refractivity contribution in [3.8, 4) is 11.4 Å². The first-order chi connectivity index (χ1) is 6.29. The summed E-state index contributed by atoms with van der Waals surface area (Å²) in [7, 11) is 0. The molecule has 0 aliphatic heterocycles. The van der Waals surface area contributed by atoms with Gasteiger partial charge >= 0.3 is 5.69 Å². The molecule has 7 heteroatoms. The highest BCUT2D eigenvalue weighted by Gasteiger charge is 2.19. The van der Waals surface area contributed by atoms with E-state index in [0.29, 0.717) is 5.69 Å². The van der Waals surface area contributed by atoms with E-state index in [1.54, 1.807) is 12.3 Å². The highest BCUT2D eigenvalue weighted by atomic mass is 16.6. The molecule has 66 valence electrons. The molecule has 0 aliphatic rings. The van der Waals surface area contributed by atoms with Crippen LogP contribution in [-0.2, 0) is 0 Å². The lowest BCUT2D eigenvalue weighted by Gasteiger charge is -1.87. The number of hydrogen-bond donors (Lipinski definition) is 2. The van der Waals surface area contributed by atoms with Crippen molar-refractivity contribution in [3.05, 3.63) is 28.6 Å². The normalized spacial score (nSPS) is 10.2. The van der Waals surface area contributed by atoms with E-state index in [-0.39, 0.29) is 11.4 Å². The first-order valence-corrected chi connectivity index (χ1v) is 3.47. The van der Waals surface area contributed by atoms with Crippen LogP contribution in [0.25, 0.3) is 11.4 Å². The number of rotatable bonds is 2. The maximum atomic E-state index is 10.5. The third-order valence-electron chi connectivity index (χ3n) is 1.56. The van der Waals surface area contributed by atoms with Gasteiger partial charge in [-0.3, -0.25) is 20.3 Å². The number of hydrogen-bond acceptors (Lipinski definition) is 4. The predicted octanol–water partition coefficient (Wildman–Crippen LogP) is 0.708. The molecule has 0 saturated heterocycles. The smallest absolute Gasteiger partial charge is 0.285 e. The molecule has 2 rings (SSSR count). The maximum Gasteiger partial charge on any atom is 0.316 e. The van der Waals surface area contributed by atoms with Crippen LogP contribution in [0.15, 0.2) is 18.5 Å². The van der Waals surface area contributed by atoms with Gasteiger partial charge in [-0.05, 0) is 6.07 Å². The third-order valence-corrected chi connectivity index (χ3v) is 1.56. The SMILES string of the molecule is O=[N+]([O-])c1c[nH]nc1-c1cc[nH]n1. The van der Waals surface area contributed by atoms with Crippen molar-refractivity contribution in [2.24, 2.45) is 0 Å². The summed E-state index contributed by atoms with van der Waals surface area (Å²) in [6, 6.07) is 1.61. The van der Waals surface area contributed by atoms with E-state index >= 15 is 0 Å². The van der Waals surface area contributed by atoms with E-state index < -0.39 is 4.92 Å². The van der Waals surface area contributed by atoms with Crippen LogP contribution in [0.4, 0.5) is 5.69 Å². The molecule has 0 aromatic carbocycles. The summed E-state index contributed by atoms with van der Waals surface area (Å²) in [5.41, 5.74) is 0.617. The fraction of sp³-hybridized carbons (Fsp3) is 0. The summed E-state index contributed by atoms with van der Waals surface area (Å²) in [4.78, 5) is 9.98. The third kappa shape index (κ3) is 1.15. The van der Waals surface area contributed by atoms with Gasteiger partial charge in [0.2, 0.25) is 0 Å². The van der Waals surface area contributed by atoms with Crippen LogP contribution in [0.5, 0.6) is 0 Å². The summed E-state index contributed by atoms with van der Waals surface area (Å²) >= 11 is 0. The molecule has 2 N–H and O–H groups in total. The zero-order valence-corrected chi connectivity index (χ0v) is 6.39. The summed E-state index contributed by atoms with van der Waals surface area (Å²) in [6.45, 7) is 0. The molecule has 0 atom stereocenters. The van der Waals surface area contributed by atoms with Crippen molar-refractivity contribution < 1.29 is 4.92 Å². The van der Waals surface area contributed by atoms with Gasteiger partial charge in [-0.15, -0.1) is 0 Å². The average molecular weight is 179 g/mol. The first kappa shape index (κ1) is 7.47. The lowest BCUT2D eigenvalue weighted by molar-refractivity contribution is -0.384. The minimum atomic E-state index is -0.506. The molecule has 0 aliphatic carbocycles. The van der Waals surface area contributed by atoms with Crippen LogP contribution in [0.2, 0.25) is 0 Å². The Labute approximate surface area is 71.9 Å². The zero-order valence-electron chi connectivity index (χ0n) is 6.39. The summed E-state index contributed by atoms with van der Waals surface area (Å²) < 4.78 is 0. The minimum absolute atomic E-state index is 0.0768. The number of H-pyrrole nitrogens is 2. The monoisotopic (exact) mass is 179 g/mol. The molecule has 0 unspecified atom stereocenters. The van der Waals surface area contributed by atoms with Gasteiger partial charge in [0.1, 0.15) is 11.9 Å². The molecule has 0 saturated carbocycles. The molecule has 2 aromatic heterocycles. The minimum Gasteiger partial charge on any atom is -0.285 e. The molecule has 0 spiro atoms. The number of aromatic amines is 2. The van der Waals surface area contributed by atoms with Gasteiger partial charge in [-0.25, -0.2) is 0 Å². The fourth-order valence-electron chi connectivity index (χ4n) is 1.00. The Morgan fingerprint density at radius 1 is 1.38 bits per heavy atom. The zero-order chi connectivity index (χ0) is 9.26. The second-order valence-corrected chi connectivity index (χ2v) is 2.34. The second kappa shape index (κ2) is 2.70. The van der Waals surface area contributed by atoms with Crippen molar-refractivity contribution >= 4 is 5.69 Å². The largest absolute Gasteiger partial charge is 0.316 e. The summed E-state index contributed by atoms with van der Waals surface area (Å²) in [6.07, 6.45) is 2.80. The van der Waals surface area contributed by atoms with Crippen LogP contribution >= 0.6 is 0 Å². The van der Waals surface area contributed by atoms with E-state index in [1.807, 2.05) is 0 Å². The summed E-state index contributed by atoms with van der Waals surface area (Å²) in [5, 5.41) is 23.0. The van der Waals surface area contributed by atoms with Crippen molar-refractivity contribution in [2.75, 3.05) is 0 Å². The van der Waals surface area contributed by atoms with Gasteiger partial charge in [0.05, 0.1) is 4.92 Å². The van der Waals surface area contributed by atoms with Crippen LogP contribution in [-0.4, -0.2) is 25.3 Å². The van der Waals surface area contributed by atoms with Gasteiger partial charge in [0, 0.05) is 6.20 Å². The van der Waals surface area contributed by atoms with Gasteiger partial charge in [-0.2, -0.15) is 10.2 Å². The molecule has 2 aromatic rings. The van der Waals surface area contributed by atoms with Crippen molar-refractivity contribution in [1.82, 2.24) is 20.4 Å². The number of aromatic nitrogens is 4. The van der Waals surface area contributed by atoms with Gasteiger partial charge in [0.25, 0.3) is 0 Å². The molecule has 2 heterocycles. The van der Waals surface area contributed by atoms with E-state index in [2.05, 4.69) is 20.4 Å².